The molecule has 24 heavy (non-hydrogen) atoms. The molecule has 1 fully saturated rings. The zero-order chi connectivity index (χ0) is 18.0. The highest BCUT2D eigenvalue weighted by Crippen LogP contribution is 2.45. The molecular weight excluding hydrogens is 320 g/mol. The van der Waals surface area contributed by atoms with E-state index in [0.29, 0.717) is 11.8 Å². The van der Waals surface area contributed by atoms with Crippen LogP contribution >= 0.6 is 0 Å². The molecule has 1 aliphatic carbocycles. The van der Waals surface area contributed by atoms with Gasteiger partial charge in [-0.3, -0.25) is 0 Å². The highest BCUT2D eigenvalue weighted by Gasteiger charge is 2.42. The van der Waals surface area contributed by atoms with Crippen molar-refractivity contribution in [2.45, 2.75) is 76.6 Å². The van der Waals surface area contributed by atoms with E-state index < -0.39 is 8.32 Å². The average molecular weight is 353 g/mol. The van der Waals surface area contributed by atoms with Crippen molar-refractivity contribution in [1.82, 2.24) is 9.97 Å². The third-order valence-electron chi connectivity index (χ3n) is 5.52. The van der Waals surface area contributed by atoms with Crippen molar-refractivity contribution in [2.75, 3.05) is 14.2 Å². The van der Waals surface area contributed by atoms with Gasteiger partial charge in [0.15, 0.2) is 8.32 Å². The van der Waals surface area contributed by atoms with Crippen LogP contribution in [0, 0.1) is 0 Å². The van der Waals surface area contributed by atoms with Crippen molar-refractivity contribution >= 4 is 8.32 Å². The average Bonchev–Trinajstić information content (AvgIpc) is 2.53. The van der Waals surface area contributed by atoms with E-state index in [2.05, 4.69) is 43.8 Å². The fraction of sp³-hybridized carbons (Fsp3) is 0.778. The Bertz CT molecular complexity index is 535. The van der Waals surface area contributed by atoms with Crippen LogP contribution in [0.4, 0.5) is 0 Å². The molecule has 0 saturated heterocycles. The van der Waals surface area contributed by atoms with Crippen molar-refractivity contribution in [1.29, 1.82) is 0 Å². The van der Waals surface area contributed by atoms with Crippen molar-refractivity contribution < 1.29 is 13.9 Å². The molecule has 136 valence electrons. The molecule has 1 aromatic rings. The highest BCUT2D eigenvalue weighted by molar-refractivity contribution is 6.74. The smallest absolute Gasteiger partial charge is 0.223 e. The molecule has 0 bridgehead atoms. The van der Waals surface area contributed by atoms with Gasteiger partial charge >= 0.3 is 0 Å². The number of hydrogen-bond donors (Lipinski definition) is 0. The van der Waals surface area contributed by atoms with E-state index in [9.17, 15) is 0 Å². The molecule has 0 unspecified atom stereocenters. The molecule has 6 heteroatoms. The van der Waals surface area contributed by atoms with E-state index in [1.165, 1.54) is 19.2 Å². The van der Waals surface area contributed by atoms with E-state index in [1.54, 1.807) is 14.2 Å². The van der Waals surface area contributed by atoms with Crippen LogP contribution in [0.1, 0.15) is 57.9 Å². The second-order valence-corrected chi connectivity index (χ2v) is 12.9. The highest BCUT2D eigenvalue weighted by atomic mass is 28.4. The number of hydrogen-bond acceptors (Lipinski definition) is 5. The summed E-state index contributed by atoms with van der Waals surface area (Å²) in [4.78, 5) is 8.61. The lowest BCUT2D eigenvalue weighted by atomic mass is 9.82. The third kappa shape index (κ3) is 3.91. The van der Waals surface area contributed by atoms with Crippen LogP contribution < -0.4 is 9.47 Å². The van der Waals surface area contributed by atoms with Crippen LogP contribution in [0.3, 0.4) is 0 Å². The Labute approximate surface area is 147 Å². The summed E-state index contributed by atoms with van der Waals surface area (Å²) >= 11 is 0. The minimum Gasteiger partial charge on any atom is -0.481 e. The first-order valence-corrected chi connectivity index (χ1v) is 11.7. The van der Waals surface area contributed by atoms with Crippen molar-refractivity contribution in [3.8, 4) is 11.8 Å². The Kier molecular flexibility index (Phi) is 5.91. The van der Waals surface area contributed by atoms with E-state index in [0.717, 1.165) is 18.4 Å². The summed E-state index contributed by atoms with van der Waals surface area (Å²) in [5.74, 6) is 1.44. The van der Waals surface area contributed by atoms with Gasteiger partial charge in [0.1, 0.15) is 6.33 Å². The molecule has 0 aliphatic heterocycles. The monoisotopic (exact) mass is 352 g/mol. The zero-order valence-corrected chi connectivity index (χ0v) is 17.2. The molecule has 5 nitrogen and oxygen atoms in total. The summed E-state index contributed by atoms with van der Waals surface area (Å²) in [7, 11) is 1.46. The number of aromatic nitrogens is 2. The van der Waals surface area contributed by atoms with Crippen LogP contribution in [0.15, 0.2) is 6.33 Å². The second kappa shape index (κ2) is 7.40. The Balaban J connectivity index is 2.37. The first-order chi connectivity index (χ1) is 11.2. The molecule has 2 rings (SSSR count). The quantitative estimate of drug-likeness (QED) is 0.728. The lowest BCUT2D eigenvalue weighted by Crippen LogP contribution is -2.46. The maximum Gasteiger partial charge on any atom is 0.223 e. The van der Waals surface area contributed by atoms with Gasteiger partial charge < -0.3 is 13.9 Å². The maximum atomic E-state index is 6.78. The molecule has 1 heterocycles. The van der Waals surface area contributed by atoms with Gasteiger partial charge in [0.25, 0.3) is 0 Å². The first-order valence-electron chi connectivity index (χ1n) is 8.82. The first kappa shape index (κ1) is 19.2. The van der Waals surface area contributed by atoms with Crippen molar-refractivity contribution in [2.24, 2.45) is 0 Å². The lowest BCUT2D eigenvalue weighted by molar-refractivity contribution is 0.111. The lowest BCUT2D eigenvalue weighted by Gasteiger charge is -2.43. The van der Waals surface area contributed by atoms with Gasteiger partial charge in [0.05, 0.1) is 25.9 Å². The topological polar surface area (TPSA) is 53.5 Å². The molecule has 1 saturated carbocycles. The van der Waals surface area contributed by atoms with E-state index in [4.69, 9.17) is 13.9 Å². The largest absolute Gasteiger partial charge is 0.481 e. The SMILES string of the molecule is COc1ncnc(OC)c1[C@H]1CCCC[C@@H]1O[Si](C)(C)C(C)(C)C. The summed E-state index contributed by atoms with van der Waals surface area (Å²) in [5, 5.41) is 0.191. The number of ether oxygens (including phenoxy) is 2. The molecular formula is C18H32N2O3Si. The number of nitrogens with zero attached hydrogens (tertiary/aromatic N) is 2. The van der Waals surface area contributed by atoms with Crippen LogP contribution in [0.2, 0.25) is 18.1 Å². The predicted molar refractivity (Wildman–Crippen MR) is 98.4 cm³/mol. The summed E-state index contributed by atoms with van der Waals surface area (Å²) in [6.45, 7) is 11.5. The number of rotatable bonds is 5. The van der Waals surface area contributed by atoms with E-state index >= 15 is 0 Å². The van der Waals surface area contributed by atoms with Gasteiger partial charge in [-0.25, -0.2) is 9.97 Å². The molecule has 2 atom stereocenters. The van der Waals surface area contributed by atoms with Crippen molar-refractivity contribution in [3.05, 3.63) is 11.9 Å². The number of methoxy groups -OCH3 is 2. The summed E-state index contributed by atoms with van der Waals surface area (Å²) in [5.41, 5.74) is 0.964. The summed E-state index contributed by atoms with van der Waals surface area (Å²) < 4.78 is 17.8. The van der Waals surface area contributed by atoms with Gasteiger partial charge in [-0.15, -0.1) is 0 Å². The van der Waals surface area contributed by atoms with Crippen LogP contribution in [-0.2, 0) is 4.43 Å². The molecule has 0 radical (unpaired) electrons. The zero-order valence-electron chi connectivity index (χ0n) is 16.2. The molecule has 0 spiro atoms. The Morgan fingerprint density at radius 1 is 1.00 bits per heavy atom. The fourth-order valence-electron chi connectivity index (χ4n) is 3.13. The standard InChI is InChI=1S/C18H32N2O3Si/c1-18(2,3)24(6,7)23-14-11-9-8-10-13(14)15-16(21-4)19-12-20-17(15)22-5/h12-14H,8-11H2,1-7H3/t13-,14-/m0/s1. The maximum absolute atomic E-state index is 6.78. The normalized spacial score (nSPS) is 22.3. The minimum atomic E-state index is -1.84. The van der Waals surface area contributed by atoms with E-state index in [-0.39, 0.29) is 17.1 Å². The second-order valence-electron chi connectivity index (χ2n) is 8.11. The Hall–Kier alpha value is -1.14. The molecule has 1 aliphatic rings. The molecule has 0 amide bonds. The summed E-state index contributed by atoms with van der Waals surface area (Å²) in [6.07, 6.45) is 6.18. The van der Waals surface area contributed by atoms with Crippen molar-refractivity contribution in [3.63, 3.8) is 0 Å². The van der Waals surface area contributed by atoms with Gasteiger partial charge in [-0.2, -0.15) is 0 Å². The van der Waals surface area contributed by atoms with Crippen LogP contribution in [0.5, 0.6) is 11.8 Å². The third-order valence-corrected chi connectivity index (χ3v) is 10.0. The Morgan fingerprint density at radius 2 is 1.54 bits per heavy atom. The summed E-state index contributed by atoms with van der Waals surface area (Å²) in [6, 6.07) is 0. The molecule has 1 aromatic heterocycles. The molecule has 0 N–H and O–H groups in total. The fourth-order valence-corrected chi connectivity index (χ4v) is 4.52. The van der Waals surface area contributed by atoms with Gasteiger partial charge in [0, 0.05) is 5.92 Å². The molecule has 0 aromatic carbocycles. The van der Waals surface area contributed by atoms with Gasteiger partial charge in [-0.1, -0.05) is 33.6 Å². The van der Waals surface area contributed by atoms with Crippen LogP contribution in [0.25, 0.3) is 0 Å². The van der Waals surface area contributed by atoms with Gasteiger partial charge in [0.2, 0.25) is 11.8 Å². The van der Waals surface area contributed by atoms with Gasteiger partial charge in [-0.05, 0) is 31.0 Å². The van der Waals surface area contributed by atoms with Crippen LogP contribution in [-0.4, -0.2) is 38.6 Å². The Morgan fingerprint density at radius 3 is 2.04 bits per heavy atom. The van der Waals surface area contributed by atoms with E-state index in [1.807, 2.05) is 0 Å². The minimum absolute atomic E-state index is 0.174. The predicted octanol–water partition coefficient (Wildman–Crippen LogP) is 4.54.